The lowest BCUT2D eigenvalue weighted by Gasteiger charge is -2.29. The molecule has 3 heterocycles. The Hall–Kier alpha value is -2.06. The summed E-state index contributed by atoms with van der Waals surface area (Å²) in [5, 5.41) is 3.05. The van der Waals surface area contributed by atoms with Gasteiger partial charge < -0.3 is 5.32 Å². The van der Waals surface area contributed by atoms with Gasteiger partial charge in [0.2, 0.25) is 16.0 Å². The molecular formula is C20H23F5N4O3S. The summed E-state index contributed by atoms with van der Waals surface area (Å²) >= 11 is 0. The Kier molecular flexibility index (Phi) is 6.78. The van der Waals surface area contributed by atoms with Gasteiger partial charge in [0.05, 0.1) is 23.8 Å². The number of likely N-dealkylation sites (tertiary alicyclic amines) is 1. The second kappa shape index (κ2) is 9.29. The Labute approximate surface area is 187 Å². The van der Waals surface area contributed by atoms with Gasteiger partial charge in [0.15, 0.2) is 0 Å². The van der Waals surface area contributed by atoms with Crippen molar-refractivity contribution in [2.45, 2.75) is 43.9 Å². The molecule has 1 aromatic carbocycles. The average molecular weight is 494 g/mol. The van der Waals surface area contributed by atoms with Crippen molar-refractivity contribution < 1.29 is 35.2 Å². The van der Waals surface area contributed by atoms with E-state index in [9.17, 15) is 30.4 Å². The van der Waals surface area contributed by atoms with E-state index in [2.05, 4.69) is 10.8 Å². The molecule has 182 valence electrons. The van der Waals surface area contributed by atoms with E-state index in [1.807, 2.05) is 4.72 Å². The third kappa shape index (κ3) is 5.06. The highest BCUT2D eigenvalue weighted by Gasteiger charge is 2.44. The Morgan fingerprint density at radius 3 is 2.58 bits per heavy atom. The number of sulfonamides is 1. The Morgan fingerprint density at radius 1 is 1.21 bits per heavy atom. The molecule has 0 saturated carbocycles. The number of hydrogen-bond donors (Lipinski definition) is 3. The monoisotopic (exact) mass is 494 g/mol. The quantitative estimate of drug-likeness (QED) is 0.524. The van der Waals surface area contributed by atoms with Gasteiger partial charge in [-0.15, -0.1) is 0 Å². The molecule has 4 rings (SSSR count). The number of dihydropyridines is 1. The van der Waals surface area contributed by atoms with E-state index in [0.717, 1.165) is 0 Å². The Morgan fingerprint density at radius 2 is 1.91 bits per heavy atom. The van der Waals surface area contributed by atoms with Gasteiger partial charge in [-0.2, -0.15) is 5.48 Å². The van der Waals surface area contributed by atoms with Crippen molar-refractivity contribution in [2.75, 3.05) is 19.1 Å². The fraction of sp³-hybridized carbons (Fsp3) is 0.500. The first-order chi connectivity index (χ1) is 15.6. The third-order valence-electron chi connectivity index (χ3n) is 5.88. The lowest BCUT2D eigenvalue weighted by molar-refractivity contribution is 0.00125. The van der Waals surface area contributed by atoms with Crippen molar-refractivity contribution in [3.05, 3.63) is 53.0 Å². The highest BCUT2D eigenvalue weighted by molar-refractivity contribution is 7.89. The highest BCUT2D eigenvalue weighted by atomic mass is 32.2. The number of halogens is 5. The van der Waals surface area contributed by atoms with E-state index >= 15 is 0 Å². The fourth-order valence-corrected chi connectivity index (χ4v) is 5.12. The highest BCUT2D eigenvalue weighted by Crippen LogP contribution is 2.34. The van der Waals surface area contributed by atoms with E-state index < -0.39 is 64.0 Å². The van der Waals surface area contributed by atoms with Crippen LogP contribution in [0, 0.1) is 17.5 Å². The minimum atomic E-state index is -4.22. The number of allylic oxidation sites excluding steroid dienone is 2. The van der Waals surface area contributed by atoms with Crippen LogP contribution in [0.3, 0.4) is 0 Å². The zero-order valence-electron chi connectivity index (χ0n) is 17.5. The van der Waals surface area contributed by atoms with Gasteiger partial charge in [-0.1, -0.05) is 6.08 Å². The summed E-state index contributed by atoms with van der Waals surface area (Å²) < 4.78 is 94.2. The van der Waals surface area contributed by atoms with Crippen LogP contribution >= 0.6 is 0 Å². The molecule has 2 unspecified atom stereocenters. The van der Waals surface area contributed by atoms with Crippen LogP contribution in [-0.2, 0) is 14.9 Å². The number of alkyl halides is 2. The predicted molar refractivity (Wildman–Crippen MR) is 110 cm³/mol. The fourth-order valence-electron chi connectivity index (χ4n) is 4.37. The summed E-state index contributed by atoms with van der Waals surface area (Å²) in [5.41, 5.74) is 3.30. The number of hydrogen-bond acceptors (Lipinski definition) is 6. The topological polar surface area (TPSA) is 82.7 Å². The maximum absolute atomic E-state index is 14.5. The molecule has 3 N–H and O–H groups in total. The zero-order chi connectivity index (χ0) is 23.9. The van der Waals surface area contributed by atoms with Crippen molar-refractivity contribution in [3.63, 3.8) is 0 Å². The van der Waals surface area contributed by atoms with Crippen molar-refractivity contribution in [1.82, 2.24) is 20.4 Å². The van der Waals surface area contributed by atoms with Crippen LogP contribution in [0.1, 0.15) is 18.9 Å². The molecule has 0 bridgehead atoms. The number of rotatable bonds is 6. The van der Waals surface area contributed by atoms with Gasteiger partial charge in [-0.05, 0) is 24.3 Å². The summed E-state index contributed by atoms with van der Waals surface area (Å²) in [6.45, 7) is 1.59. The lowest BCUT2D eigenvalue weighted by atomic mass is 9.89. The summed E-state index contributed by atoms with van der Waals surface area (Å²) in [6, 6.07) is -2.25. The van der Waals surface area contributed by atoms with Crippen molar-refractivity contribution in [2.24, 2.45) is 0 Å². The van der Waals surface area contributed by atoms with E-state index in [0.29, 0.717) is 17.7 Å². The number of hydroxylamine groups is 1. The molecule has 0 spiro atoms. The molecule has 13 heteroatoms. The number of nitrogens with one attached hydrogen (secondary N) is 3. The first-order valence-electron chi connectivity index (χ1n) is 10.2. The maximum Gasteiger partial charge on any atom is 0.241 e. The average Bonchev–Trinajstić information content (AvgIpc) is 3.34. The SMILES string of the molecule is CC1=CNC([C@@H]2CC(N3C[C@H](F)[C@H](NS(=O)(=O)CF)C3)NO2)C(c2c(F)cc(F)cc2F)=C1. The summed E-state index contributed by atoms with van der Waals surface area (Å²) in [5.74, 6) is -3.13. The van der Waals surface area contributed by atoms with E-state index in [1.54, 1.807) is 24.1 Å². The zero-order valence-corrected chi connectivity index (χ0v) is 18.3. The third-order valence-corrected chi connectivity index (χ3v) is 6.83. The van der Waals surface area contributed by atoms with Crippen LogP contribution in [0.4, 0.5) is 22.0 Å². The summed E-state index contributed by atoms with van der Waals surface area (Å²) in [7, 11) is -4.22. The Bertz CT molecular complexity index is 1060. The number of nitrogens with zero attached hydrogens (tertiary/aromatic N) is 1. The molecule has 3 aliphatic rings. The molecule has 3 aliphatic heterocycles. The predicted octanol–water partition coefficient (Wildman–Crippen LogP) is 1.85. The van der Waals surface area contributed by atoms with Crippen molar-refractivity contribution in [3.8, 4) is 0 Å². The Balaban J connectivity index is 1.49. The second-order valence-electron chi connectivity index (χ2n) is 8.32. The first-order valence-corrected chi connectivity index (χ1v) is 11.9. The molecule has 5 atom stereocenters. The number of benzene rings is 1. The second-order valence-corrected chi connectivity index (χ2v) is 10.0. The normalized spacial score (nSPS) is 30.8. The first kappa shape index (κ1) is 24.1. The smallest absolute Gasteiger partial charge is 0.241 e. The lowest BCUT2D eigenvalue weighted by Crippen LogP contribution is -2.44. The van der Waals surface area contributed by atoms with Crippen LogP contribution in [0.15, 0.2) is 30.0 Å². The van der Waals surface area contributed by atoms with Crippen LogP contribution in [0.2, 0.25) is 0 Å². The van der Waals surface area contributed by atoms with Crippen LogP contribution in [0.5, 0.6) is 0 Å². The van der Waals surface area contributed by atoms with Crippen molar-refractivity contribution in [1.29, 1.82) is 0 Å². The van der Waals surface area contributed by atoms with Crippen molar-refractivity contribution >= 4 is 15.6 Å². The van der Waals surface area contributed by atoms with Gasteiger partial charge in [0.25, 0.3) is 0 Å². The minimum absolute atomic E-state index is 0.0187. The van der Waals surface area contributed by atoms with Crippen LogP contribution in [0.25, 0.3) is 5.57 Å². The van der Waals surface area contributed by atoms with Crippen LogP contribution in [-0.4, -0.2) is 62.9 Å². The maximum atomic E-state index is 14.5. The molecule has 7 nitrogen and oxygen atoms in total. The van der Waals surface area contributed by atoms with E-state index in [-0.39, 0.29) is 30.6 Å². The van der Waals surface area contributed by atoms with Gasteiger partial charge in [-0.3, -0.25) is 9.74 Å². The molecule has 0 aromatic heterocycles. The molecule has 2 saturated heterocycles. The van der Waals surface area contributed by atoms with Gasteiger partial charge in [0, 0.05) is 31.6 Å². The minimum Gasteiger partial charge on any atom is -0.381 e. The van der Waals surface area contributed by atoms with Gasteiger partial charge >= 0.3 is 0 Å². The molecule has 33 heavy (non-hydrogen) atoms. The molecule has 0 radical (unpaired) electrons. The standard InChI is InChI=1S/C20H23F5N4O3S/c1-10-2-12(19-13(23)3-11(22)4-14(19)24)20(26-6-10)17-5-18(27-32-17)29-7-15(25)16(8-29)28-33(30,31)9-21/h2-4,6,15-18,20,26-28H,5,7-9H2,1H3/t15-,16+,17-,18?,20?/m0/s1. The molecular weight excluding hydrogens is 471 g/mol. The molecule has 2 fully saturated rings. The largest absolute Gasteiger partial charge is 0.381 e. The van der Waals surface area contributed by atoms with Gasteiger partial charge in [-0.25, -0.2) is 35.1 Å². The van der Waals surface area contributed by atoms with Gasteiger partial charge in [0.1, 0.15) is 29.7 Å². The van der Waals surface area contributed by atoms with E-state index in [1.165, 1.54) is 0 Å². The molecule has 1 aromatic rings. The summed E-state index contributed by atoms with van der Waals surface area (Å²) in [6.07, 6.45) is 0.775. The van der Waals surface area contributed by atoms with E-state index in [4.69, 9.17) is 4.84 Å². The van der Waals surface area contributed by atoms with Crippen LogP contribution < -0.4 is 15.5 Å². The summed E-state index contributed by atoms with van der Waals surface area (Å²) in [4.78, 5) is 7.25. The molecule has 0 amide bonds. The molecule has 0 aliphatic carbocycles.